The third kappa shape index (κ3) is 3.79. The molecule has 1 aromatic rings. The number of benzene rings is 1. The van der Waals surface area contributed by atoms with Crippen molar-refractivity contribution in [1.82, 2.24) is 0 Å². The largest absolute Gasteiger partial charge is 0.491 e. The normalized spacial score (nSPS) is 43.6. The molecule has 8 nitrogen and oxygen atoms in total. The van der Waals surface area contributed by atoms with Gasteiger partial charge < -0.3 is 29.0 Å². The monoisotopic (exact) mass is 526 g/mol. The lowest BCUT2D eigenvalue weighted by Gasteiger charge is -2.62. The van der Waals surface area contributed by atoms with Gasteiger partial charge in [-0.15, -0.1) is 0 Å². The molecule has 3 saturated carbocycles. The predicted molar refractivity (Wildman–Crippen MR) is 139 cm³/mol. The Balaban J connectivity index is 1.29. The van der Waals surface area contributed by atoms with Crippen molar-refractivity contribution in [2.24, 2.45) is 34.0 Å². The fraction of sp³-hybridized carbons (Fsp3) is 0.724. The summed E-state index contributed by atoms with van der Waals surface area (Å²) in [5.74, 6) is 0.0335. The fourth-order valence-electron chi connectivity index (χ4n) is 8.67. The number of esters is 1. The van der Waals surface area contributed by atoms with Crippen molar-refractivity contribution in [3.63, 3.8) is 0 Å². The molecule has 1 saturated heterocycles. The van der Waals surface area contributed by atoms with Gasteiger partial charge in [-0.1, -0.05) is 33.8 Å². The first kappa shape index (κ1) is 26.3. The maximum Gasteiger partial charge on any atom is 0.491 e. The predicted octanol–water partition coefficient (Wildman–Crippen LogP) is 2.40. The van der Waals surface area contributed by atoms with E-state index in [1.807, 2.05) is 6.07 Å². The van der Waals surface area contributed by atoms with E-state index in [9.17, 15) is 19.7 Å². The van der Waals surface area contributed by atoms with Crippen LogP contribution < -0.4 is 10.2 Å². The molecule has 5 aliphatic rings. The molecular formula is C29H39BO8. The van der Waals surface area contributed by atoms with Gasteiger partial charge in [-0.25, -0.2) is 4.79 Å². The van der Waals surface area contributed by atoms with Gasteiger partial charge in [0.2, 0.25) is 0 Å². The summed E-state index contributed by atoms with van der Waals surface area (Å²) in [6, 6.07) is 5.25. The molecule has 0 amide bonds. The average molecular weight is 526 g/mol. The molecule has 38 heavy (non-hydrogen) atoms. The summed E-state index contributed by atoms with van der Waals surface area (Å²) in [6.07, 6.45) is 2.22. The molecule has 4 fully saturated rings. The molecule has 0 spiro atoms. The van der Waals surface area contributed by atoms with E-state index in [0.29, 0.717) is 37.3 Å². The molecule has 3 aliphatic carbocycles. The minimum atomic E-state index is -0.997. The highest BCUT2D eigenvalue weighted by atomic mass is 16.6. The Morgan fingerprint density at radius 1 is 1.24 bits per heavy atom. The van der Waals surface area contributed by atoms with E-state index in [0.717, 1.165) is 24.8 Å². The van der Waals surface area contributed by atoms with Gasteiger partial charge in [0.1, 0.15) is 17.6 Å². The number of fused-ring (bicyclic) bond motifs is 1. The molecule has 1 aromatic carbocycles. The third-order valence-corrected chi connectivity index (χ3v) is 11.3. The lowest BCUT2D eigenvalue weighted by atomic mass is 9.43. The number of Topliss-reactive ketones (excluding diaryl/α,β-unsaturated/α-hetero) is 1. The summed E-state index contributed by atoms with van der Waals surface area (Å²) >= 11 is 0. The van der Waals surface area contributed by atoms with E-state index in [1.54, 1.807) is 12.1 Å². The second kappa shape index (κ2) is 9.05. The van der Waals surface area contributed by atoms with E-state index < -0.39 is 36.1 Å². The molecule has 9 atom stereocenters. The van der Waals surface area contributed by atoms with Gasteiger partial charge in [0.05, 0.1) is 25.4 Å². The van der Waals surface area contributed by atoms with Gasteiger partial charge in [-0.3, -0.25) is 4.79 Å². The first-order chi connectivity index (χ1) is 18.0. The first-order valence-electron chi connectivity index (χ1n) is 14.1. The molecule has 2 bridgehead atoms. The maximum absolute atomic E-state index is 13.6. The van der Waals surface area contributed by atoms with Gasteiger partial charge in [0.15, 0.2) is 6.61 Å². The van der Waals surface area contributed by atoms with E-state index in [4.69, 9.17) is 18.9 Å². The molecule has 0 unspecified atom stereocenters. The lowest BCUT2D eigenvalue weighted by molar-refractivity contribution is -0.214. The van der Waals surface area contributed by atoms with Crippen molar-refractivity contribution in [2.45, 2.75) is 84.7 Å². The second-order valence-electron chi connectivity index (χ2n) is 13.0. The number of hydrogen-bond donors (Lipinski definition) is 2. The van der Waals surface area contributed by atoms with Crippen molar-refractivity contribution >= 4 is 24.3 Å². The van der Waals surface area contributed by atoms with Crippen molar-refractivity contribution < 1.29 is 38.6 Å². The number of epoxide rings is 1. The summed E-state index contributed by atoms with van der Waals surface area (Å²) in [6.45, 7) is 9.12. The Kier molecular flexibility index (Phi) is 6.26. The van der Waals surface area contributed by atoms with Crippen LogP contribution in [0.1, 0.15) is 65.4 Å². The van der Waals surface area contributed by atoms with E-state index >= 15 is 0 Å². The molecule has 206 valence electrons. The Morgan fingerprint density at radius 2 is 2.00 bits per heavy atom. The Bertz CT molecular complexity index is 1140. The second-order valence-corrected chi connectivity index (χ2v) is 13.0. The zero-order chi connectivity index (χ0) is 27.0. The van der Waals surface area contributed by atoms with Gasteiger partial charge in [-0.2, -0.15) is 0 Å². The Morgan fingerprint density at radius 3 is 2.74 bits per heavy atom. The van der Waals surface area contributed by atoms with Crippen molar-refractivity contribution in [3.05, 3.63) is 23.8 Å². The SMILES string of the molecule is C[C@@H]1CC[C@@]23CCC(=O)[C@H]2[C@]1(C)[C@H](OC(=O)COc1ccc2c(c1)B(O)OC2)C[C@@](C)([C@H]1CO1)[C@@H](O)[C@@H]3C. The van der Waals surface area contributed by atoms with Crippen LogP contribution in [-0.4, -0.2) is 60.5 Å². The minimum absolute atomic E-state index is 0.0564. The maximum atomic E-state index is 13.6. The zero-order valence-corrected chi connectivity index (χ0v) is 22.8. The van der Waals surface area contributed by atoms with Crippen molar-refractivity contribution in [3.8, 4) is 5.75 Å². The molecule has 0 radical (unpaired) electrons. The Labute approximate surface area is 224 Å². The molecule has 2 aliphatic heterocycles. The van der Waals surface area contributed by atoms with Crippen LogP contribution in [0.4, 0.5) is 0 Å². The van der Waals surface area contributed by atoms with Crippen LogP contribution in [-0.2, 0) is 30.3 Å². The van der Waals surface area contributed by atoms with Crippen LogP contribution in [0.2, 0.25) is 0 Å². The van der Waals surface area contributed by atoms with Crippen LogP contribution in [0, 0.1) is 34.0 Å². The smallest absolute Gasteiger partial charge is 0.482 e. The molecule has 9 heteroatoms. The highest BCUT2D eigenvalue weighted by molar-refractivity contribution is 6.61. The number of carbonyl (C=O) groups excluding carboxylic acids is 2. The summed E-state index contributed by atoms with van der Waals surface area (Å²) < 4.78 is 23.0. The van der Waals surface area contributed by atoms with Crippen LogP contribution in [0.15, 0.2) is 18.2 Å². The number of carbonyl (C=O) groups is 2. The summed E-state index contributed by atoms with van der Waals surface area (Å²) in [5, 5.41) is 21.8. The number of hydrogen-bond acceptors (Lipinski definition) is 8. The van der Waals surface area contributed by atoms with E-state index in [-0.39, 0.29) is 41.7 Å². The van der Waals surface area contributed by atoms with Crippen LogP contribution in [0.25, 0.3) is 0 Å². The molecule has 6 rings (SSSR count). The number of ketones is 1. The van der Waals surface area contributed by atoms with Gasteiger partial charge in [0, 0.05) is 23.2 Å². The topological polar surface area (TPSA) is 115 Å². The first-order valence-corrected chi connectivity index (χ1v) is 14.1. The van der Waals surface area contributed by atoms with Gasteiger partial charge >= 0.3 is 13.1 Å². The summed E-state index contributed by atoms with van der Waals surface area (Å²) in [4.78, 5) is 26.9. The summed E-state index contributed by atoms with van der Waals surface area (Å²) in [5.41, 5.74) is 0.0757. The standard InChI is InChI=1S/C29H39BO8/c1-16-7-9-29-10-8-21(31)25(29)28(16,4)22(12-27(3,23-14-36-23)26(33)17(29)2)38-24(32)15-35-19-6-5-18-13-37-30(34)20(18)11-19/h5-6,11,16-17,22-23,25-26,33-34H,7-10,12-15H2,1-4H3/t16-,17+,22-,23-,25+,26+,27+,28+,29+/m1/s1. The number of aliphatic hydroxyl groups excluding tert-OH is 1. The van der Waals surface area contributed by atoms with Crippen LogP contribution in [0.3, 0.4) is 0 Å². The van der Waals surface area contributed by atoms with Crippen molar-refractivity contribution in [2.75, 3.05) is 13.2 Å². The minimum Gasteiger partial charge on any atom is -0.482 e. The molecule has 2 N–H and O–H groups in total. The van der Waals surface area contributed by atoms with Gasteiger partial charge in [0.25, 0.3) is 0 Å². The number of ether oxygens (including phenoxy) is 3. The van der Waals surface area contributed by atoms with E-state index in [2.05, 4.69) is 27.7 Å². The van der Waals surface area contributed by atoms with Crippen LogP contribution in [0.5, 0.6) is 5.75 Å². The van der Waals surface area contributed by atoms with E-state index in [1.165, 1.54) is 0 Å². The molecular weight excluding hydrogens is 487 g/mol. The average Bonchev–Trinajstić information content (AvgIpc) is 3.62. The fourth-order valence-corrected chi connectivity index (χ4v) is 8.67. The Hall–Kier alpha value is -1.94. The quantitative estimate of drug-likeness (QED) is 0.342. The highest BCUT2D eigenvalue weighted by Gasteiger charge is 2.70. The van der Waals surface area contributed by atoms with Crippen molar-refractivity contribution in [1.29, 1.82) is 0 Å². The van der Waals surface area contributed by atoms with Gasteiger partial charge in [-0.05, 0) is 66.1 Å². The number of aliphatic hydroxyl groups is 1. The zero-order valence-electron chi connectivity index (χ0n) is 22.8. The lowest BCUT2D eigenvalue weighted by Crippen LogP contribution is -2.64. The third-order valence-electron chi connectivity index (χ3n) is 11.3. The molecule has 0 aromatic heterocycles. The summed E-state index contributed by atoms with van der Waals surface area (Å²) in [7, 11) is -0.997. The molecule has 2 heterocycles. The number of rotatable bonds is 5. The highest BCUT2D eigenvalue weighted by Crippen LogP contribution is 2.68. The van der Waals surface area contributed by atoms with Crippen LogP contribution >= 0.6 is 0 Å².